The molecule has 1 heterocycles. The number of nitrogens with one attached hydrogen (secondary N) is 1. The van der Waals surface area contributed by atoms with Crippen molar-refractivity contribution >= 4 is 12.0 Å². The average Bonchev–Trinajstić information content (AvgIpc) is 2.53. The zero-order chi connectivity index (χ0) is 15.2. The van der Waals surface area contributed by atoms with Gasteiger partial charge >= 0.3 is 12.0 Å². The van der Waals surface area contributed by atoms with E-state index in [-0.39, 0.29) is 12.5 Å². The van der Waals surface area contributed by atoms with Crippen molar-refractivity contribution in [2.45, 2.75) is 18.9 Å². The molecule has 6 nitrogen and oxygen atoms in total. The molecule has 0 aromatic heterocycles. The van der Waals surface area contributed by atoms with Crippen LogP contribution in [0.3, 0.4) is 0 Å². The van der Waals surface area contributed by atoms with E-state index in [9.17, 15) is 19.8 Å². The van der Waals surface area contributed by atoms with Crippen LogP contribution in [0.15, 0.2) is 30.3 Å². The van der Waals surface area contributed by atoms with Gasteiger partial charge in [0.25, 0.3) is 0 Å². The predicted octanol–water partition coefficient (Wildman–Crippen LogP) is 1.23. The summed E-state index contributed by atoms with van der Waals surface area (Å²) in [7, 11) is 0. The standard InChI is InChI=1S/C15H20N2O4/c18-10-11-5-4-8-17(9-11)15(21)16-13(14(19)20)12-6-2-1-3-7-12/h1-3,6-7,11,13,18H,4-5,8-10H2,(H,16,21)(H,19,20). The number of likely N-dealkylation sites (tertiary alicyclic amines) is 1. The molecule has 1 aliphatic rings. The van der Waals surface area contributed by atoms with Crippen molar-refractivity contribution in [2.75, 3.05) is 19.7 Å². The number of carboxylic acid groups (broad SMARTS) is 1. The van der Waals surface area contributed by atoms with Crippen LogP contribution in [-0.4, -0.2) is 46.8 Å². The summed E-state index contributed by atoms with van der Waals surface area (Å²) in [6.45, 7) is 1.09. The van der Waals surface area contributed by atoms with Gasteiger partial charge in [0.05, 0.1) is 0 Å². The van der Waals surface area contributed by atoms with Crippen molar-refractivity contribution in [3.05, 3.63) is 35.9 Å². The minimum absolute atomic E-state index is 0.0465. The first kappa shape index (κ1) is 15.3. The molecule has 0 aliphatic carbocycles. The largest absolute Gasteiger partial charge is 0.479 e. The maximum atomic E-state index is 12.2. The summed E-state index contributed by atoms with van der Waals surface area (Å²) in [5.74, 6) is -1.02. The number of piperidine rings is 1. The van der Waals surface area contributed by atoms with Crippen molar-refractivity contribution in [2.24, 2.45) is 5.92 Å². The molecule has 3 N–H and O–H groups in total. The van der Waals surface area contributed by atoms with Gasteiger partial charge < -0.3 is 20.4 Å². The Morgan fingerprint density at radius 3 is 2.67 bits per heavy atom. The lowest BCUT2D eigenvalue weighted by atomic mass is 9.99. The number of amides is 2. The van der Waals surface area contributed by atoms with Gasteiger partial charge in [0.2, 0.25) is 0 Å². The molecule has 1 saturated heterocycles. The van der Waals surface area contributed by atoms with E-state index in [1.807, 2.05) is 0 Å². The molecule has 2 amide bonds. The zero-order valence-electron chi connectivity index (χ0n) is 11.7. The quantitative estimate of drug-likeness (QED) is 0.778. The van der Waals surface area contributed by atoms with Gasteiger partial charge in [-0.3, -0.25) is 0 Å². The van der Waals surface area contributed by atoms with E-state index in [0.717, 1.165) is 12.8 Å². The number of benzene rings is 1. The second-order valence-corrected chi connectivity index (χ2v) is 5.27. The first-order chi connectivity index (χ1) is 10.1. The highest BCUT2D eigenvalue weighted by molar-refractivity contribution is 5.83. The number of aliphatic carboxylic acids is 1. The van der Waals surface area contributed by atoms with E-state index in [0.29, 0.717) is 18.7 Å². The predicted molar refractivity (Wildman–Crippen MR) is 76.7 cm³/mol. The van der Waals surface area contributed by atoms with E-state index in [1.165, 1.54) is 0 Å². The fourth-order valence-electron chi connectivity index (χ4n) is 2.55. The van der Waals surface area contributed by atoms with Crippen LogP contribution in [0.25, 0.3) is 0 Å². The van der Waals surface area contributed by atoms with Crippen molar-refractivity contribution in [1.82, 2.24) is 10.2 Å². The molecule has 2 unspecified atom stereocenters. The van der Waals surface area contributed by atoms with Gasteiger partial charge in [-0.05, 0) is 24.3 Å². The second kappa shape index (κ2) is 7.08. The Bertz CT molecular complexity index is 492. The van der Waals surface area contributed by atoms with E-state index in [2.05, 4.69) is 5.32 Å². The van der Waals surface area contributed by atoms with E-state index in [1.54, 1.807) is 35.2 Å². The van der Waals surface area contributed by atoms with Crippen molar-refractivity contribution in [3.63, 3.8) is 0 Å². The van der Waals surface area contributed by atoms with Crippen molar-refractivity contribution < 1.29 is 19.8 Å². The number of aliphatic hydroxyl groups is 1. The van der Waals surface area contributed by atoms with Crippen LogP contribution in [-0.2, 0) is 4.79 Å². The number of hydrogen-bond donors (Lipinski definition) is 3. The summed E-state index contributed by atoms with van der Waals surface area (Å²) in [4.78, 5) is 25.2. The highest BCUT2D eigenvalue weighted by Gasteiger charge is 2.27. The third kappa shape index (κ3) is 3.95. The van der Waals surface area contributed by atoms with Gasteiger partial charge in [-0.15, -0.1) is 0 Å². The van der Waals surface area contributed by atoms with Crippen LogP contribution in [0.1, 0.15) is 24.4 Å². The van der Waals surface area contributed by atoms with E-state index >= 15 is 0 Å². The Morgan fingerprint density at radius 2 is 2.05 bits per heavy atom. The van der Waals surface area contributed by atoms with Crippen molar-refractivity contribution in [1.29, 1.82) is 0 Å². The molecule has 0 spiro atoms. The molecular weight excluding hydrogens is 272 g/mol. The highest BCUT2D eigenvalue weighted by atomic mass is 16.4. The van der Waals surface area contributed by atoms with Crippen LogP contribution in [0, 0.1) is 5.92 Å². The molecule has 2 rings (SSSR count). The average molecular weight is 292 g/mol. The molecule has 2 atom stereocenters. The number of carbonyl (C=O) groups excluding carboxylic acids is 1. The molecule has 0 bridgehead atoms. The molecule has 0 radical (unpaired) electrons. The number of aliphatic hydroxyl groups excluding tert-OH is 1. The van der Waals surface area contributed by atoms with Gasteiger partial charge in [0.1, 0.15) is 0 Å². The molecule has 114 valence electrons. The van der Waals surface area contributed by atoms with Crippen LogP contribution in [0.4, 0.5) is 4.79 Å². The summed E-state index contributed by atoms with van der Waals surface area (Å²) in [5.41, 5.74) is 0.536. The molecule has 21 heavy (non-hydrogen) atoms. The van der Waals surface area contributed by atoms with E-state index < -0.39 is 18.0 Å². The van der Waals surface area contributed by atoms with Crippen LogP contribution in [0.2, 0.25) is 0 Å². The van der Waals surface area contributed by atoms with Gasteiger partial charge in [0, 0.05) is 19.7 Å². The Labute approximate surface area is 123 Å². The number of rotatable bonds is 4. The highest BCUT2D eigenvalue weighted by Crippen LogP contribution is 2.18. The minimum atomic E-state index is -1.09. The Kier molecular flexibility index (Phi) is 5.16. The molecule has 0 saturated carbocycles. The van der Waals surface area contributed by atoms with Crippen LogP contribution < -0.4 is 5.32 Å². The Morgan fingerprint density at radius 1 is 1.33 bits per heavy atom. The number of carboxylic acids is 1. The number of nitrogens with zero attached hydrogens (tertiary/aromatic N) is 1. The Balaban J connectivity index is 2.03. The van der Waals surface area contributed by atoms with Crippen LogP contribution in [0.5, 0.6) is 0 Å². The first-order valence-corrected chi connectivity index (χ1v) is 7.06. The molecule has 1 aromatic rings. The maximum Gasteiger partial charge on any atom is 0.330 e. The summed E-state index contributed by atoms with van der Waals surface area (Å²) in [6, 6.07) is 7.15. The SMILES string of the molecule is O=C(O)C(NC(=O)N1CCCC(CO)C1)c1ccccc1. The lowest BCUT2D eigenvalue weighted by Gasteiger charge is -2.32. The summed E-state index contributed by atoms with van der Waals surface area (Å²) < 4.78 is 0. The van der Waals surface area contributed by atoms with Gasteiger partial charge in [0.15, 0.2) is 6.04 Å². The lowest BCUT2D eigenvalue weighted by Crippen LogP contribution is -2.48. The fraction of sp³-hybridized carbons (Fsp3) is 0.467. The summed E-state index contributed by atoms with van der Waals surface area (Å²) in [5, 5.41) is 21.0. The maximum absolute atomic E-state index is 12.2. The normalized spacial score (nSPS) is 19.9. The number of urea groups is 1. The van der Waals surface area contributed by atoms with Crippen molar-refractivity contribution in [3.8, 4) is 0 Å². The van der Waals surface area contributed by atoms with Gasteiger partial charge in [-0.1, -0.05) is 30.3 Å². The molecule has 1 fully saturated rings. The third-order valence-corrected chi connectivity index (χ3v) is 3.71. The van der Waals surface area contributed by atoms with Gasteiger partial charge in [-0.25, -0.2) is 9.59 Å². The smallest absolute Gasteiger partial charge is 0.330 e. The van der Waals surface area contributed by atoms with Gasteiger partial charge in [-0.2, -0.15) is 0 Å². The van der Waals surface area contributed by atoms with Crippen LogP contribution >= 0.6 is 0 Å². The molecule has 1 aromatic carbocycles. The Hall–Kier alpha value is -2.08. The molecule has 6 heteroatoms. The molecular formula is C15H20N2O4. The number of hydrogen-bond acceptors (Lipinski definition) is 3. The fourth-order valence-corrected chi connectivity index (χ4v) is 2.55. The lowest BCUT2D eigenvalue weighted by molar-refractivity contribution is -0.139. The topological polar surface area (TPSA) is 89.9 Å². The third-order valence-electron chi connectivity index (χ3n) is 3.71. The zero-order valence-corrected chi connectivity index (χ0v) is 11.7. The molecule has 1 aliphatic heterocycles. The summed E-state index contributed by atoms with van der Waals surface area (Å²) >= 11 is 0. The minimum Gasteiger partial charge on any atom is -0.479 e. The monoisotopic (exact) mass is 292 g/mol. The first-order valence-electron chi connectivity index (χ1n) is 7.06. The summed E-state index contributed by atoms with van der Waals surface area (Å²) in [6.07, 6.45) is 1.71. The number of carbonyl (C=O) groups is 2. The van der Waals surface area contributed by atoms with E-state index in [4.69, 9.17) is 0 Å². The second-order valence-electron chi connectivity index (χ2n) is 5.27.